The summed E-state index contributed by atoms with van der Waals surface area (Å²) in [7, 11) is 1.37. The fourth-order valence-corrected chi connectivity index (χ4v) is 3.48. The average molecular weight is 373 g/mol. The molecule has 0 aliphatic rings. The van der Waals surface area contributed by atoms with Crippen molar-refractivity contribution in [1.82, 2.24) is 4.98 Å². The molecule has 0 bridgehead atoms. The Labute approximate surface area is 155 Å². The first kappa shape index (κ1) is 17.5. The van der Waals surface area contributed by atoms with Crippen LogP contribution in [-0.2, 0) is 11.2 Å². The molecule has 4 nitrogen and oxygen atoms in total. The van der Waals surface area contributed by atoms with E-state index >= 15 is 0 Å². The molecule has 2 aromatic carbocycles. The first-order chi connectivity index (χ1) is 12.1. The quantitative estimate of drug-likeness (QED) is 0.596. The molecule has 128 valence electrons. The van der Waals surface area contributed by atoms with Gasteiger partial charge in [0.1, 0.15) is 0 Å². The minimum Gasteiger partial charge on any atom is -0.465 e. The predicted octanol–water partition coefficient (Wildman–Crippen LogP) is 5.56. The molecule has 0 radical (unpaired) electrons. The molecule has 0 amide bonds. The van der Waals surface area contributed by atoms with E-state index in [0.29, 0.717) is 10.6 Å². The summed E-state index contributed by atoms with van der Waals surface area (Å²) in [5.74, 6) is -0.348. The SMILES string of the molecule is CCc1sc(Nc2ccc(C(=O)OC)cc2)nc1-c1ccc(Cl)cc1. The predicted molar refractivity (Wildman–Crippen MR) is 103 cm³/mol. The number of rotatable bonds is 5. The fourth-order valence-electron chi connectivity index (χ4n) is 2.41. The van der Waals surface area contributed by atoms with Crippen LogP contribution < -0.4 is 5.32 Å². The van der Waals surface area contributed by atoms with Crippen molar-refractivity contribution in [3.8, 4) is 11.3 Å². The second kappa shape index (κ2) is 7.68. The first-order valence-electron chi connectivity index (χ1n) is 7.81. The lowest BCUT2D eigenvalue weighted by Crippen LogP contribution is -2.00. The Balaban J connectivity index is 1.84. The van der Waals surface area contributed by atoms with Crippen molar-refractivity contribution in [3.05, 3.63) is 64.0 Å². The van der Waals surface area contributed by atoms with E-state index in [1.54, 1.807) is 23.5 Å². The molecule has 0 unspecified atom stereocenters. The van der Waals surface area contributed by atoms with E-state index in [1.165, 1.54) is 12.0 Å². The maximum absolute atomic E-state index is 11.5. The number of methoxy groups -OCH3 is 1. The van der Waals surface area contributed by atoms with Crippen LogP contribution >= 0.6 is 22.9 Å². The number of benzene rings is 2. The number of nitrogens with zero attached hydrogens (tertiary/aromatic N) is 1. The monoisotopic (exact) mass is 372 g/mol. The second-order valence-electron chi connectivity index (χ2n) is 5.35. The van der Waals surface area contributed by atoms with Gasteiger partial charge < -0.3 is 10.1 Å². The minimum atomic E-state index is -0.348. The van der Waals surface area contributed by atoms with Crippen molar-refractivity contribution in [2.75, 3.05) is 12.4 Å². The molecule has 0 spiro atoms. The number of thiazole rings is 1. The number of esters is 1. The largest absolute Gasteiger partial charge is 0.465 e. The van der Waals surface area contributed by atoms with Gasteiger partial charge in [-0.3, -0.25) is 0 Å². The van der Waals surface area contributed by atoms with E-state index in [-0.39, 0.29) is 5.97 Å². The Morgan fingerprint density at radius 3 is 2.44 bits per heavy atom. The summed E-state index contributed by atoms with van der Waals surface area (Å²) in [6, 6.07) is 14.8. The van der Waals surface area contributed by atoms with E-state index in [2.05, 4.69) is 12.2 Å². The molecular formula is C19H17ClN2O2S. The lowest BCUT2D eigenvalue weighted by molar-refractivity contribution is 0.0601. The van der Waals surface area contributed by atoms with E-state index in [4.69, 9.17) is 21.3 Å². The molecule has 0 atom stereocenters. The van der Waals surface area contributed by atoms with Gasteiger partial charge in [0.05, 0.1) is 18.4 Å². The van der Waals surface area contributed by atoms with Gasteiger partial charge in [-0.15, -0.1) is 11.3 Å². The normalized spacial score (nSPS) is 10.5. The Kier molecular flexibility index (Phi) is 5.36. The highest BCUT2D eigenvalue weighted by Crippen LogP contribution is 2.33. The van der Waals surface area contributed by atoms with Gasteiger partial charge >= 0.3 is 5.97 Å². The molecule has 25 heavy (non-hydrogen) atoms. The van der Waals surface area contributed by atoms with Crippen LogP contribution in [0.4, 0.5) is 10.8 Å². The van der Waals surface area contributed by atoms with E-state index < -0.39 is 0 Å². The van der Waals surface area contributed by atoms with E-state index in [0.717, 1.165) is 28.5 Å². The zero-order chi connectivity index (χ0) is 17.8. The van der Waals surface area contributed by atoms with Crippen LogP contribution in [0.3, 0.4) is 0 Å². The number of nitrogens with one attached hydrogen (secondary N) is 1. The lowest BCUT2D eigenvalue weighted by atomic mass is 10.1. The zero-order valence-corrected chi connectivity index (χ0v) is 15.4. The average Bonchev–Trinajstić information content (AvgIpc) is 3.05. The van der Waals surface area contributed by atoms with Crippen molar-refractivity contribution in [2.45, 2.75) is 13.3 Å². The minimum absolute atomic E-state index is 0.348. The van der Waals surface area contributed by atoms with Crippen molar-refractivity contribution in [2.24, 2.45) is 0 Å². The Bertz CT molecular complexity index is 873. The number of aryl methyl sites for hydroxylation is 1. The summed E-state index contributed by atoms with van der Waals surface area (Å²) in [5.41, 5.74) is 3.40. The molecule has 1 heterocycles. The summed E-state index contributed by atoms with van der Waals surface area (Å²) in [5, 5.41) is 4.82. The highest BCUT2D eigenvalue weighted by atomic mass is 35.5. The molecule has 1 aromatic heterocycles. The van der Waals surface area contributed by atoms with Gasteiger partial charge in [0, 0.05) is 21.2 Å². The Hall–Kier alpha value is -2.37. The third kappa shape index (κ3) is 4.00. The van der Waals surface area contributed by atoms with Gasteiger partial charge in [0.2, 0.25) is 0 Å². The number of hydrogen-bond donors (Lipinski definition) is 1. The number of anilines is 2. The number of carbonyl (C=O) groups excluding carboxylic acids is 1. The number of halogens is 1. The van der Waals surface area contributed by atoms with Crippen LogP contribution in [0, 0.1) is 0 Å². The standard InChI is InChI=1S/C19H17ClN2O2S/c1-3-16-17(12-4-8-14(20)9-5-12)22-19(25-16)21-15-10-6-13(7-11-15)18(23)24-2/h4-11H,3H2,1-2H3,(H,21,22). The molecule has 6 heteroatoms. The number of ether oxygens (including phenoxy) is 1. The van der Waals surface area contributed by atoms with Crippen LogP contribution in [-0.4, -0.2) is 18.1 Å². The van der Waals surface area contributed by atoms with Gasteiger partial charge in [-0.1, -0.05) is 30.7 Å². The van der Waals surface area contributed by atoms with Crippen molar-refractivity contribution in [3.63, 3.8) is 0 Å². The van der Waals surface area contributed by atoms with Crippen molar-refractivity contribution in [1.29, 1.82) is 0 Å². The molecule has 3 aromatic rings. The molecule has 0 saturated heterocycles. The van der Waals surface area contributed by atoms with Crippen LogP contribution in [0.15, 0.2) is 48.5 Å². The summed E-state index contributed by atoms with van der Waals surface area (Å²) in [4.78, 5) is 17.4. The third-order valence-electron chi connectivity index (χ3n) is 3.69. The maximum Gasteiger partial charge on any atom is 0.337 e. The smallest absolute Gasteiger partial charge is 0.337 e. The molecule has 0 fully saturated rings. The number of carbonyl (C=O) groups is 1. The van der Waals surface area contributed by atoms with Gasteiger partial charge in [0.25, 0.3) is 0 Å². The van der Waals surface area contributed by atoms with Gasteiger partial charge in [-0.25, -0.2) is 9.78 Å². The Morgan fingerprint density at radius 1 is 1.16 bits per heavy atom. The topological polar surface area (TPSA) is 51.2 Å². The summed E-state index contributed by atoms with van der Waals surface area (Å²) < 4.78 is 4.71. The highest BCUT2D eigenvalue weighted by molar-refractivity contribution is 7.16. The van der Waals surface area contributed by atoms with Crippen LogP contribution in [0.2, 0.25) is 5.02 Å². The lowest BCUT2D eigenvalue weighted by Gasteiger charge is -2.04. The molecule has 3 rings (SSSR count). The van der Waals surface area contributed by atoms with Gasteiger partial charge in [0.15, 0.2) is 5.13 Å². The van der Waals surface area contributed by atoms with Crippen LogP contribution in [0.5, 0.6) is 0 Å². The van der Waals surface area contributed by atoms with Crippen LogP contribution in [0.1, 0.15) is 22.2 Å². The van der Waals surface area contributed by atoms with Crippen molar-refractivity contribution >= 4 is 39.7 Å². The zero-order valence-electron chi connectivity index (χ0n) is 13.9. The van der Waals surface area contributed by atoms with E-state index in [1.807, 2.05) is 36.4 Å². The summed E-state index contributed by atoms with van der Waals surface area (Å²) >= 11 is 7.59. The van der Waals surface area contributed by atoms with Gasteiger partial charge in [-0.05, 0) is 42.8 Å². The number of hydrogen-bond acceptors (Lipinski definition) is 5. The third-order valence-corrected chi connectivity index (χ3v) is 5.06. The molecular weight excluding hydrogens is 356 g/mol. The molecule has 0 saturated carbocycles. The molecule has 1 N–H and O–H groups in total. The highest BCUT2D eigenvalue weighted by Gasteiger charge is 2.12. The van der Waals surface area contributed by atoms with Gasteiger partial charge in [-0.2, -0.15) is 0 Å². The van der Waals surface area contributed by atoms with E-state index in [9.17, 15) is 4.79 Å². The second-order valence-corrected chi connectivity index (χ2v) is 6.87. The fraction of sp³-hybridized carbons (Fsp3) is 0.158. The molecule has 0 aliphatic carbocycles. The maximum atomic E-state index is 11.5. The molecule has 0 aliphatic heterocycles. The summed E-state index contributed by atoms with van der Waals surface area (Å²) in [6.07, 6.45) is 0.901. The summed E-state index contributed by atoms with van der Waals surface area (Å²) in [6.45, 7) is 2.11. The Morgan fingerprint density at radius 2 is 1.84 bits per heavy atom. The van der Waals surface area contributed by atoms with Crippen LogP contribution in [0.25, 0.3) is 11.3 Å². The van der Waals surface area contributed by atoms with Crippen molar-refractivity contribution < 1.29 is 9.53 Å². The first-order valence-corrected chi connectivity index (χ1v) is 9.01. The number of aromatic nitrogens is 1.